The van der Waals surface area contributed by atoms with Crippen LogP contribution in [0.5, 0.6) is 0 Å². The van der Waals surface area contributed by atoms with E-state index in [1.165, 1.54) is 24.0 Å². The normalized spacial score (nSPS) is 16.8. The van der Waals surface area contributed by atoms with Gasteiger partial charge in [0.05, 0.1) is 13.0 Å². The third-order valence-electron chi connectivity index (χ3n) is 7.12. The Bertz CT molecular complexity index is 928. The highest BCUT2D eigenvalue weighted by molar-refractivity contribution is 5.95. The number of hydrogen-bond acceptors (Lipinski definition) is 3. The fourth-order valence-electron chi connectivity index (χ4n) is 5.05. The Morgan fingerprint density at radius 1 is 0.970 bits per heavy atom. The van der Waals surface area contributed by atoms with Gasteiger partial charge in [0, 0.05) is 24.7 Å². The molecule has 1 N–H and O–H groups in total. The van der Waals surface area contributed by atoms with Gasteiger partial charge < -0.3 is 15.1 Å². The van der Waals surface area contributed by atoms with Gasteiger partial charge in [-0.05, 0) is 74.5 Å². The molecule has 2 fully saturated rings. The molecular weight excluding hydrogens is 410 g/mol. The van der Waals surface area contributed by atoms with E-state index < -0.39 is 0 Å². The van der Waals surface area contributed by atoms with Crippen molar-refractivity contribution in [2.24, 2.45) is 5.92 Å². The summed E-state index contributed by atoms with van der Waals surface area (Å²) in [6.45, 7) is 6.61. The summed E-state index contributed by atoms with van der Waals surface area (Å²) >= 11 is 0. The molecule has 2 aliphatic rings. The Morgan fingerprint density at radius 2 is 1.67 bits per heavy atom. The average Bonchev–Trinajstić information content (AvgIpc) is 3.53. The monoisotopic (exact) mass is 447 g/mol. The molecule has 0 atom stereocenters. The molecule has 176 valence electrons. The molecule has 1 saturated heterocycles. The summed E-state index contributed by atoms with van der Waals surface area (Å²) in [7, 11) is 0. The van der Waals surface area contributed by atoms with Crippen molar-refractivity contribution in [1.29, 1.82) is 0 Å². The van der Waals surface area contributed by atoms with Gasteiger partial charge in [0.2, 0.25) is 11.8 Å². The number of carbonyl (C=O) groups is 2. The molecule has 1 aliphatic carbocycles. The van der Waals surface area contributed by atoms with Gasteiger partial charge in [-0.15, -0.1) is 0 Å². The zero-order valence-electron chi connectivity index (χ0n) is 19.9. The summed E-state index contributed by atoms with van der Waals surface area (Å²) in [5.41, 5.74) is 4.25. The van der Waals surface area contributed by atoms with Crippen LogP contribution in [-0.2, 0) is 22.6 Å². The number of amides is 2. The van der Waals surface area contributed by atoms with E-state index in [2.05, 4.69) is 29.3 Å². The Hall–Kier alpha value is -2.66. The molecule has 0 unspecified atom stereocenters. The number of anilines is 1. The number of carbonyl (C=O) groups excluding carboxylic acids is 2. The van der Waals surface area contributed by atoms with Gasteiger partial charge in [0.1, 0.15) is 0 Å². The molecule has 2 aromatic rings. The van der Waals surface area contributed by atoms with E-state index >= 15 is 0 Å². The Kier molecular flexibility index (Phi) is 8.16. The van der Waals surface area contributed by atoms with Crippen LogP contribution in [0.2, 0.25) is 0 Å². The first-order chi connectivity index (χ1) is 16.1. The molecule has 5 heteroatoms. The molecule has 2 aromatic carbocycles. The summed E-state index contributed by atoms with van der Waals surface area (Å²) in [5, 5.41) is 3.04. The quantitative estimate of drug-likeness (QED) is 0.617. The number of hydrogen-bond donors (Lipinski definition) is 1. The molecule has 2 amide bonds. The lowest BCUT2D eigenvalue weighted by Gasteiger charge is -2.27. The molecule has 4 rings (SSSR count). The Morgan fingerprint density at radius 3 is 2.36 bits per heavy atom. The highest BCUT2D eigenvalue weighted by Gasteiger charge is 2.28. The highest BCUT2D eigenvalue weighted by atomic mass is 16.2. The lowest BCUT2D eigenvalue weighted by Crippen LogP contribution is -2.35. The molecule has 1 saturated carbocycles. The zero-order chi connectivity index (χ0) is 23.0. The number of aryl methyl sites for hydroxylation is 1. The second kappa shape index (κ2) is 11.5. The van der Waals surface area contributed by atoms with Crippen molar-refractivity contribution in [2.45, 2.75) is 58.4 Å². The fourth-order valence-corrected chi connectivity index (χ4v) is 5.05. The molecule has 0 spiro atoms. The van der Waals surface area contributed by atoms with Crippen LogP contribution in [0.3, 0.4) is 0 Å². The molecule has 5 nitrogen and oxygen atoms in total. The van der Waals surface area contributed by atoms with Crippen LogP contribution in [0.15, 0.2) is 48.5 Å². The summed E-state index contributed by atoms with van der Waals surface area (Å²) in [4.78, 5) is 30.1. The molecule has 0 bridgehead atoms. The van der Waals surface area contributed by atoms with Crippen LogP contribution in [0.4, 0.5) is 5.69 Å². The Labute approximate surface area is 198 Å². The number of nitrogens with one attached hydrogen (secondary N) is 1. The van der Waals surface area contributed by atoms with Gasteiger partial charge in [-0.3, -0.25) is 9.59 Å². The van der Waals surface area contributed by atoms with Crippen molar-refractivity contribution in [3.05, 3.63) is 65.2 Å². The van der Waals surface area contributed by atoms with Crippen LogP contribution in [0, 0.1) is 12.8 Å². The van der Waals surface area contributed by atoms with E-state index in [9.17, 15) is 9.59 Å². The fraction of sp³-hybridized carbons (Fsp3) is 0.500. The van der Waals surface area contributed by atoms with E-state index in [1.807, 2.05) is 41.3 Å². The lowest BCUT2D eigenvalue weighted by molar-refractivity contribution is -0.122. The van der Waals surface area contributed by atoms with Gasteiger partial charge in [-0.25, -0.2) is 0 Å². The first kappa shape index (κ1) is 23.5. The largest absolute Gasteiger partial charge is 0.355 e. The van der Waals surface area contributed by atoms with Gasteiger partial charge in [-0.1, -0.05) is 49.2 Å². The first-order valence-corrected chi connectivity index (χ1v) is 12.5. The zero-order valence-corrected chi connectivity index (χ0v) is 19.9. The van der Waals surface area contributed by atoms with Gasteiger partial charge >= 0.3 is 0 Å². The van der Waals surface area contributed by atoms with Crippen LogP contribution >= 0.6 is 0 Å². The van der Waals surface area contributed by atoms with E-state index in [1.54, 1.807) is 0 Å². The van der Waals surface area contributed by atoms with E-state index in [-0.39, 0.29) is 17.7 Å². The highest BCUT2D eigenvalue weighted by Crippen LogP contribution is 2.30. The van der Waals surface area contributed by atoms with Crippen LogP contribution in [0.1, 0.15) is 55.2 Å². The average molecular weight is 448 g/mol. The molecule has 1 heterocycles. The second-order valence-corrected chi connectivity index (χ2v) is 9.57. The predicted octanol–water partition coefficient (Wildman–Crippen LogP) is 4.47. The smallest absolute Gasteiger partial charge is 0.230 e. The van der Waals surface area contributed by atoms with Gasteiger partial charge in [0.25, 0.3) is 0 Å². The third-order valence-corrected chi connectivity index (χ3v) is 7.12. The molecule has 0 aromatic heterocycles. The maximum absolute atomic E-state index is 13.4. The van der Waals surface area contributed by atoms with Crippen molar-refractivity contribution in [3.8, 4) is 0 Å². The van der Waals surface area contributed by atoms with Crippen molar-refractivity contribution in [2.75, 3.05) is 31.1 Å². The maximum atomic E-state index is 13.4. The molecule has 33 heavy (non-hydrogen) atoms. The number of nitrogens with zero attached hydrogens (tertiary/aromatic N) is 2. The molecule has 1 aliphatic heterocycles. The Balaban J connectivity index is 1.39. The van der Waals surface area contributed by atoms with Crippen LogP contribution in [0.25, 0.3) is 0 Å². The number of benzene rings is 2. The minimum absolute atomic E-state index is 0.0562. The second-order valence-electron chi connectivity index (χ2n) is 9.57. The molecular formula is C28H37N3O2. The topological polar surface area (TPSA) is 52.7 Å². The third kappa shape index (κ3) is 6.44. The predicted molar refractivity (Wildman–Crippen MR) is 133 cm³/mol. The van der Waals surface area contributed by atoms with Crippen LogP contribution in [-0.4, -0.2) is 42.9 Å². The number of likely N-dealkylation sites (tertiary alicyclic amines) is 1. The van der Waals surface area contributed by atoms with Crippen molar-refractivity contribution in [1.82, 2.24) is 10.2 Å². The van der Waals surface area contributed by atoms with Crippen LogP contribution < -0.4 is 10.2 Å². The maximum Gasteiger partial charge on any atom is 0.230 e. The van der Waals surface area contributed by atoms with E-state index in [0.717, 1.165) is 56.6 Å². The minimum atomic E-state index is 0.0562. The van der Waals surface area contributed by atoms with E-state index in [4.69, 9.17) is 0 Å². The minimum Gasteiger partial charge on any atom is -0.355 e. The first-order valence-electron chi connectivity index (χ1n) is 12.5. The van der Waals surface area contributed by atoms with Crippen molar-refractivity contribution >= 4 is 17.5 Å². The summed E-state index contributed by atoms with van der Waals surface area (Å²) in [5.74, 6) is 0.402. The SMILES string of the molecule is Cc1ccccc1CN(C(=O)C1CCCC1)c1ccc(CC(=O)NCCN2CCCC2)cc1. The van der Waals surface area contributed by atoms with Crippen molar-refractivity contribution < 1.29 is 9.59 Å². The summed E-state index contributed by atoms with van der Waals surface area (Å²) in [6.07, 6.45) is 7.15. The summed E-state index contributed by atoms with van der Waals surface area (Å²) in [6, 6.07) is 16.2. The molecule has 0 radical (unpaired) electrons. The standard InChI is InChI=1S/C28H37N3O2/c1-22-8-2-3-11-25(22)21-31(28(33)24-9-4-5-10-24)26-14-12-23(13-15-26)20-27(32)29-16-19-30-17-6-7-18-30/h2-3,8,11-15,24H,4-7,9-10,16-21H2,1H3,(H,29,32). The summed E-state index contributed by atoms with van der Waals surface area (Å²) < 4.78 is 0. The lowest BCUT2D eigenvalue weighted by atomic mass is 10.0. The van der Waals surface area contributed by atoms with Gasteiger partial charge in [-0.2, -0.15) is 0 Å². The van der Waals surface area contributed by atoms with E-state index in [0.29, 0.717) is 19.5 Å². The van der Waals surface area contributed by atoms with Crippen molar-refractivity contribution in [3.63, 3.8) is 0 Å². The van der Waals surface area contributed by atoms with Gasteiger partial charge in [0.15, 0.2) is 0 Å². The number of rotatable bonds is 9.